The van der Waals surface area contributed by atoms with Gasteiger partial charge in [0.05, 0.1) is 24.3 Å². The maximum Gasteiger partial charge on any atom is 0.337 e. The molecular formula is C17H18ClNO4. The van der Waals surface area contributed by atoms with E-state index in [1.807, 2.05) is 25.1 Å². The van der Waals surface area contributed by atoms with E-state index >= 15 is 0 Å². The fourth-order valence-electron chi connectivity index (χ4n) is 2.10. The van der Waals surface area contributed by atoms with Crippen LogP contribution in [0, 0.1) is 0 Å². The molecule has 0 aliphatic carbocycles. The molecule has 2 N–H and O–H groups in total. The lowest BCUT2D eigenvalue weighted by Crippen LogP contribution is -2.03. The van der Waals surface area contributed by atoms with E-state index < -0.39 is 5.97 Å². The smallest absolute Gasteiger partial charge is 0.337 e. The second-order valence-corrected chi connectivity index (χ2v) is 5.18. The van der Waals surface area contributed by atoms with Gasteiger partial charge in [0.25, 0.3) is 0 Å². The molecule has 0 aliphatic heterocycles. The third-order valence-electron chi connectivity index (χ3n) is 3.22. The molecule has 0 unspecified atom stereocenters. The molecule has 122 valence electrons. The van der Waals surface area contributed by atoms with Gasteiger partial charge >= 0.3 is 5.97 Å². The molecule has 0 saturated heterocycles. The van der Waals surface area contributed by atoms with Gasteiger partial charge in [0, 0.05) is 12.2 Å². The number of nitrogens with one attached hydrogen (secondary N) is 1. The highest BCUT2D eigenvalue weighted by atomic mass is 35.5. The molecule has 23 heavy (non-hydrogen) atoms. The average molecular weight is 336 g/mol. The normalized spacial score (nSPS) is 10.2. The number of methoxy groups -OCH3 is 1. The van der Waals surface area contributed by atoms with Crippen LogP contribution in [0.25, 0.3) is 0 Å². The van der Waals surface area contributed by atoms with Crippen LogP contribution >= 0.6 is 11.6 Å². The minimum atomic E-state index is -1.05. The monoisotopic (exact) mass is 335 g/mol. The van der Waals surface area contributed by atoms with Gasteiger partial charge in [-0.15, -0.1) is 0 Å². The topological polar surface area (TPSA) is 67.8 Å². The minimum Gasteiger partial charge on any atom is -0.493 e. The second kappa shape index (κ2) is 7.74. The summed E-state index contributed by atoms with van der Waals surface area (Å²) >= 11 is 5.86. The van der Waals surface area contributed by atoms with Crippen molar-refractivity contribution >= 4 is 23.3 Å². The van der Waals surface area contributed by atoms with Crippen molar-refractivity contribution in [3.63, 3.8) is 0 Å². The fraction of sp³-hybridized carbons (Fsp3) is 0.235. The van der Waals surface area contributed by atoms with Gasteiger partial charge in [0.15, 0.2) is 11.5 Å². The Kier molecular flexibility index (Phi) is 5.71. The van der Waals surface area contributed by atoms with E-state index in [4.69, 9.17) is 26.2 Å². The van der Waals surface area contributed by atoms with Gasteiger partial charge in [-0.1, -0.05) is 17.7 Å². The first-order valence-corrected chi connectivity index (χ1v) is 7.49. The molecule has 0 heterocycles. The van der Waals surface area contributed by atoms with E-state index in [9.17, 15) is 4.79 Å². The van der Waals surface area contributed by atoms with Gasteiger partial charge in [0.1, 0.15) is 0 Å². The zero-order valence-corrected chi connectivity index (χ0v) is 13.7. The number of anilines is 1. The predicted octanol–water partition coefficient (Wildman–Crippen LogP) is 4.06. The molecule has 0 atom stereocenters. The largest absolute Gasteiger partial charge is 0.493 e. The van der Waals surface area contributed by atoms with Gasteiger partial charge in [-0.05, 0) is 42.8 Å². The van der Waals surface area contributed by atoms with Crippen molar-refractivity contribution in [2.24, 2.45) is 0 Å². The van der Waals surface area contributed by atoms with E-state index in [1.54, 1.807) is 19.2 Å². The number of carboxylic acids is 1. The molecule has 0 amide bonds. The number of benzene rings is 2. The van der Waals surface area contributed by atoms with Crippen molar-refractivity contribution in [3.8, 4) is 11.5 Å². The lowest BCUT2D eigenvalue weighted by molar-refractivity contribution is 0.0697. The molecule has 2 rings (SSSR count). The molecule has 0 radical (unpaired) electrons. The van der Waals surface area contributed by atoms with Crippen LogP contribution < -0.4 is 14.8 Å². The van der Waals surface area contributed by atoms with E-state index in [2.05, 4.69) is 5.32 Å². The van der Waals surface area contributed by atoms with Gasteiger partial charge in [-0.25, -0.2) is 4.79 Å². The summed E-state index contributed by atoms with van der Waals surface area (Å²) in [7, 11) is 1.59. The molecular weight excluding hydrogens is 318 g/mol. The molecule has 5 nitrogen and oxygen atoms in total. The summed E-state index contributed by atoms with van der Waals surface area (Å²) in [5, 5.41) is 12.5. The number of ether oxygens (including phenoxy) is 2. The summed E-state index contributed by atoms with van der Waals surface area (Å²) in [6.07, 6.45) is 0. The van der Waals surface area contributed by atoms with Gasteiger partial charge in [0.2, 0.25) is 0 Å². The quantitative estimate of drug-likeness (QED) is 0.798. The molecule has 6 heteroatoms. The Balaban J connectivity index is 2.12. The summed E-state index contributed by atoms with van der Waals surface area (Å²) in [4.78, 5) is 11.1. The Bertz CT molecular complexity index is 703. The summed E-state index contributed by atoms with van der Waals surface area (Å²) < 4.78 is 10.8. The lowest BCUT2D eigenvalue weighted by atomic mass is 10.1. The fourth-order valence-corrected chi connectivity index (χ4v) is 2.30. The van der Waals surface area contributed by atoms with Crippen LogP contribution in [0.15, 0.2) is 36.4 Å². The Morgan fingerprint density at radius 2 is 2.00 bits per heavy atom. The molecule has 0 aliphatic rings. The number of rotatable bonds is 7. The van der Waals surface area contributed by atoms with Crippen molar-refractivity contribution in [1.82, 2.24) is 0 Å². The first-order chi connectivity index (χ1) is 11.0. The molecule has 0 saturated carbocycles. The van der Waals surface area contributed by atoms with Crippen LogP contribution in [0.4, 0.5) is 5.69 Å². The highest BCUT2D eigenvalue weighted by Gasteiger charge is 2.10. The van der Waals surface area contributed by atoms with Gasteiger partial charge < -0.3 is 19.9 Å². The van der Waals surface area contributed by atoms with Crippen molar-refractivity contribution < 1.29 is 19.4 Å². The first kappa shape index (κ1) is 17.0. The standard InChI is InChI=1S/C17H18ClNO4/c1-3-23-15-7-4-11(8-16(15)22-2)10-19-12-5-6-14(18)13(9-12)17(20)21/h4-9,19H,3,10H2,1-2H3,(H,20,21). The Morgan fingerprint density at radius 1 is 1.22 bits per heavy atom. The van der Waals surface area contributed by atoms with Crippen LogP contribution in [0.3, 0.4) is 0 Å². The molecule has 0 spiro atoms. The average Bonchev–Trinajstić information content (AvgIpc) is 2.55. The summed E-state index contributed by atoms with van der Waals surface area (Å²) in [5.74, 6) is 0.299. The van der Waals surface area contributed by atoms with Crippen LogP contribution in [-0.2, 0) is 6.54 Å². The minimum absolute atomic E-state index is 0.0703. The van der Waals surface area contributed by atoms with Crippen molar-refractivity contribution in [2.45, 2.75) is 13.5 Å². The summed E-state index contributed by atoms with van der Waals surface area (Å²) in [6.45, 7) is 3.00. The molecule has 2 aromatic rings. The number of carboxylic acid groups (broad SMARTS) is 1. The van der Waals surface area contributed by atoms with E-state index in [-0.39, 0.29) is 10.6 Å². The number of halogens is 1. The Labute approximate surface area is 139 Å². The van der Waals surface area contributed by atoms with Crippen LogP contribution in [0.1, 0.15) is 22.8 Å². The second-order valence-electron chi connectivity index (χ2n) is 4.77. The van der Waals surface area contributed by atoms with E-state index in [0.29, 0.717) is 30.3 Å². The third kappa shape index (κ3) is 4.29. The molecule has 2 aromatic carbocycles. The highest BCUT2D eigenvalue weighted by molar-refractivity contribution is 6.33. The van der Waals surface area contributed by atoms with Gasteiger partial charge in [-0.2, -0.15) is 0 Å². The number of aromatic carboxylic acids is 1. The molecule has 0 bridgehead atoms. The first-order valence-electron chi connectivity index (χ1n) is 7.11. The maximum absolute atomic E-state index is 11.1. The number of hydrogen-bond donors (Lipinski definition) is 2. The Hall–Kier alpha value is -2.40. The number of carbonyl (C=O) groups is 1. The van der Waals surface area contributed by atoms with Crippen LogP contribution in [-0.4, -0.2) is 24.8 Å². The molecule has 0 fully saturated rings. The SMILES string of the molecule is CCOc1ccc(CNc2ccc(Cl)c(C(=O)O)c2)cc1OC. The third-order valence-corrected chi connectivity index (χ3v) is 3.55. The zero-order chi connectivity index (χ0) is 16.8. The highest BCUT2D eigenvalue weighted by Crippen LogP contribution is 2.28. The van der Waals surface area contributed by atoms with E-state index in [1.165, 1.54) is 6.07 Å². The van der Waals surface area contributed by atoms with Crippen molar-refractivity contribution in [3.05, 3.63) is 52.5 Å². The summed E-state index contributed by atoms with van der Waals surface area (Å²) in [5.41, 5.74) is 1.73. The Morgan fingerprint density at radius 3 is 2.65 bits per heavy atom. The van der Waals surface area contributed by atoms with Crippen LogP contribution in [0.2, 0.25) is 5.02 Å². The van der Waals surface area contributed by atoms with E-state index in [0.717, 1.165) is 5.56 Å². The lowest BCUT2D eigenvalue weighted by Gasteiger charge is -2.12. The summed E-state index contributed by atoms with van der Waals surface area (Å²) in [6, 6.07) is 10.5. The zero-order valence-electron chi connectivity index (χ0n) is 12.9. The molecule has 0 aromatic heterocycles. The van der Waals surface area contributed by atoms with Crippen molar-refractivity contribution in [1.29, 1.82) is 0 Å². The van der Waals surface area contributed by atoms with Crippen LogP contribution in [0.5, 0.6) is 11.5 Å². The van der Waals surface area contributed by atoms with Gasteiger partial charge in [-0.3, -0.25) is 0 Å². The maximum atomic E-state index is 11.1. The van der Waals surface area contributed by atoms with Crippen molar-refractivity contribution in [2.75, 3.05) is 19.0 Å². The predicted molar refractivity (Wildman–Crippen MR) is 89.9 cm³/mol. The number of hydrogen-bond acceptors (Lipinski definition) is 4.